The summed E-state index contributed by atoms with van der Waals surface area (Å²) in [6.45, 7) is 5.76. The molecule has 0 spiro atoms. The third-order valence-corrected chi connectivity index (χ3v) is 4.50. The van der Waals surface area contributed by atoms with E-state index in [0.717, 1.165) is 37.7 Å². The molecule has 0 radical (unpaired) electrons. The average molecular weight is 349 g/mol. The number of anilines is 1. The van der Waals surface area contributed by atoms with Crippen molar-refractivity contribution < 1.29 is 4.79 Å². The van der Waals surface area contributed by atoms with Crippen LogP contribution in [0.2, 0.25) is 5.15 Å². The SMILES string of the molecule is Cc1nccn1CCCC(=O)N1CCN(c2cc(Cl)ncn2)CC1. The molecule has 3 rings (SSSR count). The lowest BCUT2D eigenvalue weighted by Gasteiger charge is -2.35. The van der Waals surface area contributed by atoms with Crippen molar-refractivity contribution in [3.05, 3.63) is 35.8 Å². The van der Waals surface area contributed by atoms with Gasteiger partial charge in [0.05, 0.1) is 0 Å². The Morgan fingerprint density at radius 1 is 1.21 bits per heavy atom. The van der Waals surface area contributed by atoms with Crippen LogP contribution in [0.3, 0.4) is 0 Å². The molecule has 2 aromatic heterocycles. The van der Waals surface area contributed by atoms with Crippen LogP contribution in [0.5, 0.6) is 0 Å². The van der Waals surface area contributed by atoms with Gasteiger partial charge in [0.25, 0.3) is 0 Å². The van der Waals surface area contributed by atoms with Crippen LogP contribution in [0.4, 0.5) is 5.82 Å². The third kappa shape index (κ3) is 4.03. The van der Waals surface area contributed by atoms with E-state index < -0.39 is 0 Å². The second-order valence-corrected chi connectivity index (χ2v) is 6.23. The standard InChI is InChI=1S/C16H21ClN6O/c1-13-18-4-6-21(13)5-2-3-16(24)23-9-7-22(8-10-23)15-11-14(17)19-12-20-15/h4,6,11-12H,2-3,5,7-10H2,1H3. The van der Waals surface area contributed by atoms with Crippen LogP contribution in [0.1, 0.15) is 18.7 Å². The minimum absolute atomic E-state index is 0.216. The van der Waals surface area contributed by atoms with Gasteiger partial charge in [0.1, 0.15) is 23.1 Å². The number of nitrogens with zero attached hydrogens (tertiary/aromatic N) is 6. The normalized spacial score (nSPS) is 14.9. The van der Waals surface area contributed by atoms with Crippen molar-refractivity contribution in [2.24, 2.45) is 0 Å². The van der Waals surface area contributed by atoms with Gasteiger partial charge in [0.15, 0.2) is 0 Å². The number of rotatable bonds is 5. The fraction of sp³-hybridized carbons (Fsp3) is 0.500. The van der Waals surface area contributed by atoms with Gasteiger partial charge in [0.2, 0.25) is 5.91 Å². The van der Waals surface area contributed by atoms with Gasteiger partial charge in [-0.05, 0) is 13.3 Å². The molecule has 1 amide bonds. The van der Waals surface area contributed by atoms with Crippen LogP contribution in [0, 0.1) is 6.92 Å². The lowest BCUT2D eigenvalue weighted by atomic mass is 10.2. The first-order chi connectivity index (χ1) is 11.6. The van der Waals surface area contributed by atoms with Crippen molar-refractivity contribution in [1.29, 1.82) is 0 Å². The van der Waals surface area contributed by atoms with Crippen LogP contribution in [0.25, 0.3) is 0 Å². The zero-order chi connectivity index (χ0) is 16.9. The van der Waals surface area contributed by atoms with Crippen LogP contribution < -0.4 is 4.90 Å². The topological polar surface area (TPSA) is 67.2 Å². The maximum absolute atomic E-state index is 12.3. The summed E-state index contributed by atoms with van der Waals surface area (Å²) in [5, 5.41) is 0.438. The van der Waals surface area contributed by atoms with Gasteiger partial charge in [-0.1, -0.05) is 11.6 Å². The van der Waals surface area contributed by atoms with Gasteiger partial charge in [0, 0.05) is 57.6 Å². The maximum Gasteiger partial charge on any atom is 0.222 e. The van der Waals surface area contributed by atoms with Gasteiger partial charge in [-0.25, -0.2) is 15.0 Å². The van der Waals surface area contributed by atoms with Crippen molar-refractivity contribution in [3.63, 3.8) is 0 Å². The maximum atomic E-state index is 12.3. The number of aromatic nitrogens is 4. The highest BCUT2D eigenvalue weighted by atomic mass is 35.5. The van der Waals surface area contributed by atoms with Gasteiger partial charge in [-0.2, -0.15) is 0 Å². The number of hydrogen-bond acceptors (Lipinski definition) is 5. The molecule has 24 heavy (non-hydrogen) atoms. The summed E-state index contributed by atoms with van der Waals surface area (Å²) in [7, 11) is 0. The van der Waals surface area contributed by atoms with E-state index in [1.807, 2.05) is 18.0 Å². The summed E-state index contributed by atoms with van der Waals surface area (Å²) in [5.74, 6) is 2.02. The number of aryl methyl sites for hydroxylation is 2. The largest absolute Gasteiger partial charge is 0.353 e. The van der Waals surface area contributed by atoms with E-state index in [-0.39, 0.29) is 5.91 Å². The Morgan fingerprint density at radius 3 is 2.67 bits per heavy atom. The predicted molar refractivity (Wildman–Crippen MR) is 92.0 cm³/mol. The highest BCUT2D eigenvalue weighted by Gasteiger charge is 2.21. The number of hydrogen-bond donors (Lipinski definition) is 0. The van der Waals surface area contributed by atoms with Gasteiger partial charge >= 0.3 is 0 Å². The van der Waals surface area contributed by atoms with Crippen LogP contribution in [0.15, 0.2) is 24.8 Å². The predicted octanol–water partition coefficient (Wildman–Crippen LogP) is 1.76. The van der Waals surface area contributed by atoms with Crippen molar-refractivity contribution in [2.45, 2.75) is 26.3 Å². The van der Waals surface area contributed by atoms with Crippen molar-refractivity contribution in [3.8, 4) is 0 Å². The molecule has 0 saturated carbocycles. The Kier molecular flexibility index (Phi) is 5.30. The van der Waals surface area contributed by atoms with Crippen molar-refractivity contribution in [2.75, 3.05) is 31.1 Å². The fourth-order valence-corrected chi connectivity index (χ4v) is 3.02. The first kappa shape index (κ1) is 16.7. The van der Waals surface area contributed by atoms with Crippen molar-refractivity contribution >= 4 is 23.3 Å². The number of amides is 1. The number of carbonyl (C=O) groups is 1. The second kappa shape index (κ2) is 7.61. The summed E-state index contributed by atoms with van der Waals surface area (Å²) in [5.41, 5.74) is 0. The molecular formula is C16H21ClN6O. The molecule has 0 bridgehead atoms. The quantitative estimate of drug-likeness (QED) is 0.770. The minimum Gasteiger partial charge on any atom is -0.353 e. The molecule has 0 N–H and O–H groups in total. The Balaban J connectivity index is 1.44. The number of piperazine rings is 1. The molecule has 8 heteroatoms. The Bertz CT molecular complexity index is 695. The first-order valence-corrected chi connectivity index (χ1v) is 8.49. The Morgan fingerprint density at radius 2 is 2.00 bits per heavy atom. The highest BCUT2D eigenvalue weighted by molar-refractivity contribution is 6.29. The first-order valence-electron chi connectivity index (χ1n) is 8.11. The minimum atomic E-state index is 0.216. The monoisotopic (exact) mass is 348 g/mol. The lowest BCUT2D eigenvalue weighted by Crippen LogP contribution is -2.49. The summed E-state index contributed by atoms with van der Waals surface area (Å²) in [4.78, 5) is 28.7. The summed E-state index contributed by atoms with van der Waals surface area (Å²) >= 11 is 5.91. The Hall–Kier alpha value is -2.15. The van der Waals surface area contributed by atoms with E-state index in [1.54, 1.807) is 12.3 Å². The van der Waals surface area contributed by atoms with E-state index in [9.17, 15) is 4.79 Å². The molecule has 7 nitrogen and oxygen atoms in total. The summed E-state index contributed by atoms with van der Waals surface area (Å²) in [6, 6.07) is 1.76. The van der Waals surface area contributed by atoms with E-state index in [0.29, 0.717) is 24.7 Å². The molecule has 3 heterocycles. The van der Waals surface area contributed by atoms with E-state index in [2.05, 4.69) is 24.4 Å². The summed E-state index contributed by atoms with van der Waals surface area (Å²) < 4.78 is 2.07. The molecule has 1 fully saturated rings. The molecule has 0 aliphatic carbocycles. The fourth-order valence-electron chi connectivity index (χ4n) is 2.88. The Labute approximate surface area is 146 Å². The molecule has 1 aliphatic heterocycles. The third-order valence-electron chi connectivity index (χ3n) is 4.29. The van der Waals surface area contributed by atoms with Crippen LogP contribution >= 0.6 is 11.6 Å². The smallest absolute Gasteiger partial charge is 0.222 e. The van der Waals surface area contributed by atoms with Crippen LogP contribution in [-0.2, 0) is 11.3 Å². The van der Waals surface area contributed by atoms with Crippen molar-refractivity contribution in [1.82, 2.24) is 24.4 Å². The highest BCUT2D eigenvalue weighted by Crippen LogP contribution is 2.16. The van der Waals surface area contributed by atoms with Crippen LogP contribution in [-0.4, -0.2) is 56.5 Å². The average Bonchev–Trinajstić information content (AvgIpc) is 3.00. The van der Waals surface area contributed by atoms with Gasteiger partial charge in [-0.3, -0.25) is 4.79 Å². The van der Waals surface area contributed by atoms with Gasteiger partial charge < -0.3 is 14.4 Å². The lowest BCUT2D eigenvalue weighted by molar-refractivity contribution is -0.131. The molecule has 2 aromatic rings. The molecular weight excluding hydrogens is 328 g/mol. The summed E-state index contributed by atoms with van der Waals surface area (Å²) in [6.07, 6.45) is 6.60. The number of imidazole rings is 1. The zero-order valence-corrected chi connectivity index (χ0v) is 14.5. The molecule has 0 unspecified atom stereocenters. The molecule has 128 valence electrons. The molecule has 1 saturated heterocycles. The van der Waals surface area contributed by atoms with E-state index in [4.69, 9.17) is 11.6 Å². The van der Waals surface area contributed by atoms with Gasteiger partial charge in [-0.15, -0.1) is 0 Å². The molecule has 1 aliphatic rings. The molecule has 0 aromatic carbocycles. The molecule has 0 atom stereocenters. The van der Waals surface area contributed by atoms with E-state index in [1.165, 1.54) is 6.33 Å². The second-order valence-electron chi connectivity index (χ2n) is 5.84. The number of carbonyl (C=O) groups excluding carboxylic acids is 1. The number of halogens is 1. The zero-order valence-electron chi connectivity index (χ0n) is 13.7. The van der Waals surface area contributed by atoms with E-state index >= 15 is 0 Å².